The van der Waals surface area contributed by atoms with Crippen molar-refractivity contribution in [3.05, 3.63) is 11.3 Å². The van der Waals surface area contributed by atoms with Crippen molar-refractivity contribution in [2.45, 2.75) is 51.2 Å². The van der Waals surface area contributed by atoms with Crippen LogP contribution in [-0.4, -0.2) is 9.78 Å². The van der Waals surface area contributed by atoms with Crippen molar-refractivity contribution in [1.29, 1.82) is 0 Å². The molecular weight excluding hydrogens is 188 g/mol. The van der Waals surface area contributed by atoms with Crippen LogP contribution in [0.5, 0.6) is 0 Å². The molecule has 4 heteroatoms. The molecule has 3 rings (SSSR count). The number of nitrogens with one attached hydrogen (secondary N) is 1. The van der Waals surface area contributed by atoms with Crippen LogP contribution in [0.1, 0.15) is 49.4 Å². The fourth-order valence-corrected chi connectivity index (χ4v) is 2.77. The van der Waals surface area contributed by atoms with E-state index in [1.165, 1.54) is 37.7 Å². The zero-order chi connectivity index (χ0) is 10.3. The Morgan fingerprint density at radius 3 is 2.73 bits per heavy atom. The van der Waals surface area contributed by atoms with E-state index in [0.29, 0.717) is 6.04 Å². The van der Waals surface area contributed by atoms with Crippen molar-refractivity contribution in [1.82, 2.24) is 15.1 Å². The summed E-state index contributed by atoms with van der Waals surface area (Å²) in [5.41, 5.74) is 8.55. The van der Waals surface area contributed by atoms with E-state index < -0.39 is 0 Å². The summed E-state index contributed by atoms with van der Waals surface area (Å²) < 4.78 is 2.09. The molecule has 1 fully saturated rings. The maximum Gasteiger partial charge on any atom is 0.126 e. The lowest BCUT2D eigenvalue weighted by Gasteiger charge is -2.23. The van der Waals surface area contributed by atoms with Gasteiger partial charge in [0.1, 0.15) is 5.82 Å². The molecule has 0 saturated heterocycles. The van der Waals surface area contributed by atoms with Gasteiger partial charge in [-0.15, -0.1) is 0 Å². The lowest BCUT2D eigenvalue weighted by Crippen LogP contribution is -2.18. The lowest BCUT2D eigenvalue weighted by atomic mass is 9.96. The minimum Gasteiger partial charge on any atom is -0.384 e. The number of rotatable bonds is 1. The van der Waals surface area contributed by atoms with E-state index in [-0.39, 0.29) is 0 Å². The van der Waals surface area contributed by atoms with Crippen LogP contribution in [0.15, 0.2) is 0 Å². The number of aromatic nitrogens is 2. The average Bonchev–Trinajstić information content (AvgIpc) is 2.83. The van der Waals surface area contributed by atoms with Gasteiger partial charge in [0.05, 0.1) is 11.7 Å². The fourth-order valence-electron chi connectivity index (χ4n) is 2.77. The van der Waals surface area contributed by atoms with Crippen molar-refractivity contribution in [2.75, 3.05) is 5.73 Å². The van der Waals surface area contributed by atoms with E-state index in [9.17, 15) is 0 Å². The second kappa shape index (κ2) is 3.52. The van der Waals surface area contributed by atoms with Gasteiger partial charge in [-0.1, -0.05) is 19.3 Å². The van der Waals surface area contributed by atoms with Gasteiger partial charge < -0.3 is 11.1 Å². The number of hydrogen-bond donors (Lipinski definition) is 2. The molecule has 15 heavy (non-hydrogen) atoms. The molecule has 0 bridgehead atoms. The highest BCUT2D eigenvalue weighted by Gasteiger charge is 2.24. The number of hydrogen-bond acceptors (Lipinski definition) is 3. The van der Waals surface area contributed by atoms with Crippen molar-refractivity contribution < 1.29 is 0 Å². The zero-order valence-corrected chi connectivity index (χ0v) is 9.00. The Labute approximate surface area is 89.8 Å². The summed E-state index contributed by atoms with van der Waals surface area (Å²) >= 11 is 0. The van der Waals surface area contributed by atoms with E-state index >= 15 is 0 Å². The maximum atomic E-state index is 6.15. The van der Waals surface area contributed by atoms with E-state index in [0.717, 1.165) is 24.6 Å². The monoisotopic (exact) mass is 206 g/mol. The summed E-state index contributed by atoms with van der Waals surface area (Å²) in [4.78, 5) is 0. The Hall–Kier alpha value is -1.03. The minimum absolute atomic E-state index is 0.560. The predicted octanol–water partition coefficient (Wildman–Crippen LogP) is 1.57. The zero-order valence-electron chi connectivity index (χ0n) is 9.00. The van der Waals surface area contributed by atoms with Gasteiger partial charge in [-0.25, -0.2) is 4.68 Å². The molecule has 0 radical (unpaired) electrons. The molecule has 0 spiro atoms. The second-order valence-corrected chi connectivity index (χ2v) is 4.65. The smallest absolute Gasteiger partial charge is 0.126 e. The normalized spacial score (nSPS) is 21.9. The van der Waals surface area contributed by atoms with Crippen LogP contribution in [0.4, 0.5) is 5.82 Å². The first-order valence-electron chi connectivity index (χ1n) is 5.92. The summed E-state index contributed by atoms with van der Waals surface area (Å²) in [6, 6.07) is 0.560. The number of fused-ring (bicyclic) bond motifs is 1. The van der Waals surface area contributed by atoms with Crippen LogP contribution in [0.2, 0.25) is 0 Å². The first-order chi connectivity index (χ1) is 7.36. The minimum atomic E-state index is 0.560. The molecule has 82 valence electrons. The molecule has 4 nitrogen and oxygen atoms in total. The summed E-state index contributed by atoms with van der Waals surface area (Å²) in [5, 5.41) is 7.93. The first kappa shape index (κ1) is 9.21. The molecule has 2 aliphatic rings. The standard InChI is InChI=1S/C11H18N4/c12-11-9-6-13-7-10(9)14-15(11)8-4-2-1-3-5-8/h8,13H,1-7,12H2. The molecule has 2 heterocycles. The van der Waals surface area contributed by atoms with Gasteiger partial charge in [0.15, 0.2) is 0 Å². The first-order valence-corrected chi connectivity index (χ1v) is 5.92. The highest BCUT2D eigenvalue weighted by atomic mass is 15.3. The van der Waals surface area contributed by atoms with Crippen molar-refractivity contribution >= 4 is 5.82 Å². The van der Waals surface area contributed by atoms with Crippen LogP contribution < -0.4 is 11.1 Å². The van der Waals surface area contributed by atoms with Crippen LogP contribution >= 0.6 is 0 Å². The topological polar surface area (TPSA) is 55.9 Å². The van der Waals surface area contributed by atoms with Gasteiger partial charge >= 0.3 is 0 Å². The molecule has 0 aromatic carbocycles. The van der Waals surface area contributed by atoms with Crippen LogP contribution in [0, 0.1) is 0 Å². The molecule has 1 aliphatic heterocycles. The largest absolute Gasteiger partial charge is 0.384 e. The predicted molar refractivity (Wildman–Crippen MR) is 59.3 cm³/mol. The third-order valence-electron chi connectivity index (χ3n) is 3.65. The molecular formula is C11H18N4. The lowest BCUT2D eigenvalue weighted by molar-refractivity contribution is 0.331. The van der Waals surface area contributed by atoms with E-state index in [1.54, 1.807) is 0 Å². The Kier molecular flexibility index (Phi) is 2.16. The van der Waals surface area contributed by atoms with Gasteiger partial charge in [0.2, 0.25) is 0 Å². The fraction of sp³-hybridized carbons (Fsp3) is 0.727. The van der Waals surface area contributed by atoms with Gasteiger partial charge in [-0.2, -0.15) is 5.10 Å². The van der Waals surface area contributed by atoms with Gasteiger partial charge in [0.25, 0.3) is 0 Å². The molecule has 3 N–H and O–H groups in total. The number of nitrogens with zero attached hydrogens (tertiary/aromatic N) is 2. The van der Waals surface area contributed by atoms with Gasteiger partial charge in [-0.3, -0.25) is 0 Å². The summed E-state index contributed by atoms with van der Waals surface area (Å²) in [6.45, 7) is 1.78. The summed E-state index contributed by atoms with van der Waals surface area (Å²) in [6.07, 6.45) is 6.52. The average molecular weight is 206 g/mol. The second-order valence-electron chi connectivity index (χ2n) is 4.65. The van der Waals surface area contributed by atoms with Crippen molar-refractivity contribution in [2.24, 2.45) is 0 Å². The molecule has 1 aromatic rings. The molecule has 0 unspecified atom stereocenters. The number of nitrogen functional groups attached to an aromatic ring is 1. The molecule has 1 saturated carbocycles. The third kappa shape index (κ3) is 1.44. The quantitative estimate of drug-likeness (QED) is 0.733. The highest BCUT2D eigenvalue weighted by molar-refractivity contribution is 5.45. The Balaban J connectivity index is 1.91. The third-order valence-corrected chi connectivity index (χ3v) is 3.65. The number of anilines is 1. The van der Waals surface area contributed by atoms with Crippen molar-refractivity contribution in [3.8, 4) is 0 Å². The van der Waals surface area contributed by atoms with E-state index in [1.807, 2.05) is 0 Å². The van der Waals surface area contributed by atoms with Gasteiger partial charge in [0, 0.05) is 18.7 Å². The Bertz CT molecular complexity index is 363. The Morgan fingerprint density at radius 1 is 1.20 bits per heavy atom. The van der Waals surface area contributed by atoms with Crippen LogP contribution in [-0.2, 0) is 13.1 Å². The highest BCUT2D eigenvalue weighted by Crippen LogP contribution is 2.32. The van der Waals surface area contributed by atoms with E-state index in [4.69, 9.17) is 5.73 Å². The molecule has 0 amide bonds. The summed E-state index contributed by atoms with van der Waals surface area (Å²) in [5.74, 6) is 0.905. The summed E-state index contributed by atoms with van der Waals surface area (Å²) in [7, 11) is 0. The van der Waals surface area contributed by atoms with Crippen LogP contribution in [0.25, 0.3) is 0 Å². The molecule has 1 aromatic heterocycles. The Morgan fingerprint density at radius 2 is 2.00 bits per heavy atom. The van der Waals surface area contributed by atoms with Gasteiger partial charge in [-0.05, 0) is 12.8 Å². The maximum absolute atomic E-state index is 6.15. The molecule has 0 atom stereocenters. The molecule has 1 aliphatic carbocycles. The van der Waals surface area contributed by atoms with E-state index in [2.05, 4.69) is 15.1 Å². The number of nitrogens with two attached hydrogens (primary N) is 1. The van der Waals surface area contributed by atoms with Crippen molar-refractivity contribution in [3.63, 3.8) is 0 Å². The SMILES string of the molecule is Nc1c2c(nn1C1CCCCC1)CNC2. The van der Waals surface area contributed by atoms with Crippen LogP contribution in [0.3, 0.4) is 0 Å².